The molecular formula is C25H28N4O2. The molecule has 2 aliphatic rings. The van der Waals surface area contributed by atoms with E-state index in [0.717, 1.165) is 67.6 Å². The fraction of sp³-hybridized carbons (Fsp3) is 0.400. The van der Waals surface area contributed by atoms with Crippen molar-refractivity contribution in [3.05, 3.63) is 59.9 Å². The van der Waals surface area contributed by atoms with Crippen LogP contribution >= 0.6 is 0 Å². The molecular weight excluding hydrogens is 388 g/mol. The maximum Gasteiger partial charge on any atom is 0.246 e. The van der Waals surface area contributed by atoms with Gasteiger partial charge in [-0.2, -0.15) is 0 Å². The number of para-hydroxylation sites is 3. The van der Waals surface area contributed by atoms with Gasteiger partial charge < -0.3 is 14.8 Å². The summed E-state index contributed by atoms with van der Waals surface area (Å²) in [4.78, 5) is 31.9. The Morgan fingerprint density at radius 3 is 2.74 bits per heavy atom. The molecule has 1 aliphatic heterocycles. The van der Waals surface area contributed by atoms with Crippen LogP contribution < -0.4 is 10.2 Å². The van der Waals surface area contributed by atoms with Crippen molar-refractivity contribution in [2.75, 3.05) is 18.0 Å². The molecule has 0 radical (unpaired) electrons. The van der Waals surface area contributed by atoms with Gasteiger partial charge in [0.05, 0.1) is 11.0 Å². The van der Waals surface area contributed by atoms with Crippen LogP contribution in [0.1, 0.15) is 37.1 Å². The molecule has 2 aromatic carbocycles. The summed E-state index contributed by atoms with van der Waals surface area (Å²) in [7, 11) is 0. The lowest BCUT2D eigenvalue weighted by molar-refractivity contribution is -0.122. The van der Waals surface area contributed by atoms with Crippen molar-refractivity contribution in [1.29, 1.82) is 0 Å². The van der Waals surface area contributed by atoms with Gasteiger partial charge in [0.25, 0.3) is 0 Å². The van der Waals surface area contributed by atoms with E-state index in [9.17, 15) is 9.59 Å². The van der Waals surface area contributed by atoms with Crippen LogP contribution in [0.15, 0.2) is 48.5 Å². The molecule has 1 saturated carbocycles. The third kappa shape index (κ3) is 4.20. The average Bonchev–Trinajstić information content (AvgIpc) is 3.60. The quantitative estimate of drug-likeness (QED) is 0.600. The molecule has 6 nitrogen and oxygen atoms in total. The summed E-state index contributed by atoms with van der Waals surface area (Å²) in [6.45, 7) is 1.68. The van der Waals surface area contributed by atoms with E-state index in [0.29, 0.717) is 6.54 Å². The topological polar surface area (TPSA) is 67.2 Å². The molecule has 160 valence electrons. The maximum atomic E-state index is 13.3. The number of anilines is 1. The summed E-state index contributed by atoms with van der Waals surface area (Å²) in [6.07, 6.45) is 5.57. The first-order chi connectivity index (χ1) is 15.2. The third-order valence-electron chi connectivity index (χ3n) is 6.26. The molecule has 2 amide bonds. The normalized spacial score (nSPS) is 15.7. The van der Waals surface area contributed by atoms with Crippen molar-refractivity contribution in [3.8, 4) is 0 Å². The summed E-state index contributed by atoms with van der Waals surface area (Å²) in [6, 6.07) is 16.2. The van der Waals surface area contributed by atoms with Crippen molar-refractivity contribution in [1.82, 2.24) is 14.9 Å². The van der Waals surface area contributed by atoms with Gasteiger partial charge in [0, 0.05) is 31.1 Å². The lowest BCUT2D eigenvalue weighted by Gasteiger charge is -2.29. The smallest absolute Gasteiger partial charge is 0.246 e. The number of imidazole rings is 1. The summed E-state index contributed by atoms with van der Waals surface area (Å²) in [5.74, 6) is 1.40. The van der Waals surface area contributed by atoms with E-state index in [-0.39, 0.29) is 24.3 Å². The highest BCUT2D eigenvalue weighted by molar-refractivity contribution is 5.95. The van der Waals surface area contributed by atoms with E-state index in [1.54, 1.807) is 0 Å². The number of benzene rings is 2. The van der Waals surface area contributed by atoms with Crippen molar-refractivity contribution in [2.24, 2.45) is 5.92 Å². The first-order valence-electron chi connectivity index (χ1n) is 11.3. The number of aryl methyl sites for hydroxylation is 2. The van der Waals surface area contributed by atoms with Crippen LogP contribution in [0.3, 0.4) is 0 Å². The van der Waals surface area contributed by atoms with Crippen molar-refractivity contribution >= 4 is 28.5 Å². The Morgan fingerprint density at radius 1 is 1.06 bits per heavy atom. The highest BCUT2D eigenvalue weighted by Gasteiger charge is 2.29. The molecule has 0 bridgehead atoms. The van der Waals surface area contributed by atoms with Gasteiger partial charge in [0.15, 0.2) is 0 Å². The number of carbonyl (C=O) groups is 2. The molecule has 1 aliphatic carbocycles. The fourth-order valence-electron chi connectivity index (χ4n) is 4.45. The molecule has 0 unspecified atom stereocenters. The third-order valence-corrected chi connectivity index (χ3v) is 6.26. The van der Waals surface area contributed by atoms with Crippen molar-refractivity contribution in [2.45, 2.75) is 45.1 Å². The van der Waals surface area contributed by atoms with E-state index < -0.39 is 0 Å². The Hall–Kier alpha value is -3.15. The van der Waals surface area contributed by atoms with Gasteiger partial charge in [0.2, 0.25) is 11.8 Å². The first-order valence-corrected chi connectivity index (χ1v) is 11.3. The van der Waals surface area contributed by atoms with Crippen LogP contribution in [-0.2, 0) is 29.0 Å². The molecule has 1 aromatic heterocycles. The number of aromatic nitrogens is 2. The zero-order valence-electron chi connectivity index (χ0n) is 17.7. The summed E-state index contributed by atoms with van der Waals surface area (Å²) < 4.78 is 2.05. The minimum Gasteiger partial charge on any atom is -0.356 e. The maximum absolute atomic E-state index is 13.3. The number of fused-ring (bicyclic) bond motifs is 2. The minimum atomic E-state index is 0.0959. The number of hydrogen-bond donors (Lipinski definition) is 1. The zero-order chi connectivity index (χ0) is 21.2. The first kappa shape index (κ1) is 19.8. The molecule has 3 aromatic rings. The van der Waals surface area contributed by atoms with Gasteiger partial charge in [-0.25, -0.2) is 4.98 Å². The van der Waals surface area contributed by atoms with Gasteiger partial charge in [-0.1, -0.05) is 30.3 Å². The second-order valence-corrected chi connectivity index (χ2v) is 8.55. The van der Waals surface area contributed by atoms with Gasteiger partial charge in [0.1, 0.15) is 12.4 Å². The number of carbonyl (C=O) groups excluding carboxylic acids is 2. The number of amides is 2. The highest BCUT2D eigenvalue weighted by Crippen LogP contribution is 2.29. The molecule has 2 heterocycles. The van der Waals surface area contributed by atoms with E-state index in [4.69, 9.17) is 4.98 Å². The number of hydrogen-bond acceptors (Lipinski definition) is 3. The lowest BCUT2D eigenvalue weighted by atomic mass is 10.0. The van der Waals surface area contributed by atoms with Crippen LogP contribution in [0.4, 0.5) is 5.69 Å². The number of nitrogens with zero attached hydrogens (tertiary/aromatic N) is 3. The summed E-state index contributed by atoms with van der Waals surface area (Å²) in [5.41, 5.74) is 4.17. The van der Waals surface area contributed by atoms with E-state index in [1.165, 1.54) is 5.56 Å². The Balaban J connectivity index is 1.33. The molecule has 1 fully saturated rings. The lowest BCUT2D eigenvalue weighted by Crippen LogP contribution is -2.38. The largest absolute Gasteiger partial charge is 0.356 e. The predicted octanol–water partition coefficient (Wildman–Crippen LogP) is 3.47. The fourth-order valence-corrected chi connectivity index (χ4v) is 4.45. The summed E-state index contributed by atoms with van der Waals surface area (Å²) in [5, 5.41) is 3.02. The molecule has 5 rings (SSSR count). The standard InChI is InChI=1S/C25H28N4O2/c30-24(28-16-6-8-18-7-1-3-10-21(18)28)17-29-22-11-4-2-9-20(22)27-23(29)12-5-15-26-25(31)19-13-14-19/h1-4,7,9-11,19H,5-6,8,12-17H2,(H,26,31). The van der Waals surface area contributed by atoms with Crippen LogP contribution in [0.5, 0.6) is 0 Å². The second kappa shape index (κ2) is 8.53. The van der Waals surface area contributed by atoms with Crippen LogP contribution in [-0.4, -0.2) is 34.5 Å². The van der Waals surface area contributed by atoms with Gasteiger partial charge in [-0.3, -0.25) is 9.59 Å². The van der Waals surface area contributed by atoms with Gasteiger partial charge in [-0.05, 0) is 55.9 Å². The van der Waals surface area contributed by atoms with E-state index in [1.807, 2.05) is 47.4 Å². The molecule has 0 spiro atoms. The van der Waals surface area contributed by atoms with Crippen molar-refractivity contribution < 1.29 is 9.59 Å². The number of nitrogens with one attached hydrogen (secondary N) is 1. The Kier molecular flexibility index (Phi) is 5.45. The number of rotatable bonds is 7. The zero-order valence-corrected chi connectivity index (χ0v) is 17.7. The second-order valence-electron chi connectivity index (χ2n) is 8.55. The molecule has 1 N–H and O–H groups in total. The molecule has 31 heavy (non-hydrogen) atoms. The van der Waals surface area contributed by atoms with Crippen LogP contribution in [0, 0.1) is 5.92 Å². The highest BCUT2D eigenvalue weighted by atomic mass is 16.2. The monoisotopic (exact) mass is 416 g/mol. The molecule has 6 heteroatoms. The Bertz CT molecular complexity index is 1120. The Labute approximate surface area is 182 Å². The minimum absolute atomic E-state index is 0.0959. The van der Waals surface area contributed by atoms with Crippen LogP contribution in [0.2, 0.25) is 0 Å². The van der Waals surface area contributed by atoms with E-state index in [2.05, 4.69) is 16.0 Å². The predicted molar refractivity (Wildman–Crippen MR) is 121 cm³/mol. The molecule has 0 saturated heterocycles. The average molecular weight is 417 g/mol. The molecule has 0 atom stereocenters. The Morgan fingerprint density at radius 2 is 1.87 bits per heavy atom. The van der Waals surface area contributed by atoms with Gasteiger partial charge in [-0.15, -0.1) is 0 Å². The SMILES string of the molecule is O=C(NCCCc1nc2ccccc2n1CC(=O)N1CCCc2ccccc21)C1CC1. The summed E-state index contributed by atoms with van der Waals surface area (Å²) >= 11 is 0. The van der Waals surface area contributed by atoms with E-state index >= 15 is 0 Å². The van der Waals surface area contributed by atoms with Crippen LogP contribution in [0.25, 0.3) is 11.0 Å². The van der Waals surface area contributed by atoms with Crippen molar-refractivity contribution in [3.63, 3.8) is 0 Å². The van der Waals surface area contributed by atoms with Gasteiger partial charge >= 0.3 is 0 Å².